The first-order valence-electron chi connectivity index (χ1n) is 10.8. The number of para-hydroxylation sites is 1. The highest BCUT2D eigenvalue weighted by Gasteiger charge is 2.27. The van der Waals surface area contributed by atoms with Crippen LogP contribution in [-0.2, 0) is 9.53 Å². The topological polar surface area (TPSA) is 89.9 Å². The predicted octanol–water partition coefficient (Wildman–Crippen LogP) is 4.41. The second kappa shape index (κ2) is 12.9. The third-order valence-corrected chi connectivity index (χ3v) is 5.28. The molecule has 0 saturated carbocycles. The molecule has 0 saturated heterocycles. The van der Waals surface area contributed by atoms with Crippen LogP contribution in [0.2, 0.25) is 0 Å². The van der Waals surface area contributed by atoms with E-state index in [2.05, 4.69) is 17.2 Å². The average molecular weight is 461 g/mol. The number of carbonyl (C=O) groups excluding carboxylic acids is 1. The first-order valence-corrected chi connectivity index (χ1v) is 11.2. The number of hydrogen-bond acceptors (Lipinski definition) is 7. The number of thiocarbonyl (C=S) groups is 1. The number of nitrogens with one attached hydrogen (secondary N) is 1. The van der Waals surface area contributed by atoms with Crippen LogP contribution in [0.5, 0.6) is 17.2 Å². The number of esters is 1. The zero-order valence-electron chi connectivity index (χ0n) is 19.0. The summed E-state index contributed by atoms with van der Waals surface area (Å²) >= 11 is 5.33. The summed E-state index contributed by atoms with van der Waals surface area (Å²) in [6.07, 6.45) is 4.48. The van der Waals surface area contributed by atoms with Crippen molar-refractivity contribution in [2.45, 2.75) is 64.7 Å². The number of benzene rings is 1. The van der Waals surface area contributed by atoms with Crippen molar-refractivity contribution in [3.63, 3.8) is 0 Å². The Bertz CT molecular complexity index is 878. The number of nitrogens with zero attached hydrogens (tertiary/aromatic N) is 1. The molecule has 7 nitrogen and oxygen atoms in total. The molecule has 0 unspecified atom stereocenters. The second-order valence-corrected chi connectivity index (χ2v) is 7.92. The van der Waals surface area contributed by atoms with E-state index in [-0.39, 0.29) is 28.3 Å². The summed E-state index contributed by atoms with van der Waals surface area (Å²) < 4.78 is 16.9. The summed E-state index contributed by atoms with van der Waals surface area (Å²) in [4.78, 5) is 17.0. The molecule has 32 heavy (non-hydrogen) atoms. The minimum Gasteiger partial charge on any atom is -0.503 e. The smallest absolute Gasteiger partial charge is 0.328 e. The van der Waals surface area contributed by atoms with Gasteiger partial charge in [0.2, 0.25) is 0 Å². The van der Waals surface area contributed by atoms with Gasteiger partial charge in [0.25, 0.3) is 0 Å². The lowest BCUT2D eigenvalue weighted by atomic mass is 10.1. The predicted molar refractivity (Wildman–Crippen MR) is 127 cm³/mol. The number of unbranched alkanes of at least 4 members (excludes halogenated alkanes) is 2. The zero-order chi connectivity index (χ0) is 23.5. The molecule has 1 aromatic heterocycles. The quantitative estimate of drug-likeness (QED) is 0.274. The van der Waals surface area contributed by atoms with Gasteiger partial charge in [0.1, 0.15) is 34.7 Å². The number of hydrogen-bond donors (Lipinski definition) is 2. The molecule has 0 aliphatic rings. The van der Waals surface area contributed by atoms with Crippen molar-refractivity contribution in [1.82, 2.24) is 10.3 Å². The van der Waals surface area contributed by atoms with E-state index < -0.39 is 18.1 Å². The zero-order valence-corrected chi connectivity index (χ0v) is 19.9. The number of aromatic nitrogens is 1. The van der Waals surface area contributed by atoms with Gasteiger partial charge < -0.3 is 24.6 Å². The largest absolute Gasteiger partial charge is 0.503 e. The summed E-state index contributed by atoms with van der Waals surface area (Å²) in [6, 6.07) is 10.2. The molecule has 0 aliphatic carbocycles. The highest BCUT2D eigenvalue weighted by molar-refractivity contribution is 7.80. The second-order valence-electron chi connectivity index (χ2n) is 7.51. The van der Waals surface area contributed by atoms with Gasteiger partial charge in [0, 0.05) is 12.3 Å². The summed E-state index contributed by atoms with van der Waals surface area (Å²) in [5.74, 6) is 0.329. The standard InChI is InChI=1S/C24H32N2O5S/c1-5-6-8-13-19(17(3)30-18-11-9-7-10-12-18)31-24(28)16(2)26-23(32)21-22(27)20(29-4)14-15-25-21/h7,9-12,14-17,19,27H,5-6,8,13H2,1-4H3,(H,26,32)/t16-,17-,19+/m0/s1. The Labute approximate surface area is 195 Å². The SMILES string of the molecule is CCCCC[C@@H](OC(=O)[C@H](C)NC(=S)c1nccc(OC)c1O)[C@H](C)Oc1ccccc1. The van der Waals surface area contributed by atoms with Gasteiger partial charge in [-0.1, -0.05) is 50.2 Å². The lowest BCUT2D eigenvalue weighted by Gasteiger charge is -2.27. The maximum absolute atomic E-state index is 12.8. The maximum Gasteiger partial charge on any atom is 0.328 e. The molecule has 2 aromatic rings. The van der Waals surface area contributed by atoms with E-state index in [1.807, 2.05) is 37.3 Å². The molecule has 1 aromatic carbocycles. The van der Waals surface area contributed by atoms with Crippen LogP contribution in [0.25, 0.3) is 0 Å². The molecule has 0 radical (unpaired) electrons. The fourth-order valence-corrected chi connectivity index (χ4v) is 3.44. The number of pyridine rings is 1. The number of carbonyl (C=O) groups is 1. The number of ether oxygens (including phenoxy) is 3. The van der Waals surface area contributed by atoms with E-state index in [0.717, 1.165) is 25.0 Å². The van der Waals surface area contributed by atoms with Crippen molar-refractivity contribution >= 4 is 23.2 Å². The van der Waals surface area contributed by atoms with Crippen molar-refractivity contribution in [3.05, 3.63) is 48.3 Å². The molecule has 8 heteroatoms. The van der Waals surface area contributed by atoms with Gasteiger partial charge in [-0.3, -0.25) is 0 Å². The van der Waals surface area contributed by atoms with Gasteiger partial charge in [-0.05, 0) is 38.8 Å². The summed E-state index contributed by atoms with van der Waals surface area (Å²) in [7, 11) is 1.44. The number of aromatic hydroxyl groups is 1. The van der Waals surface area contributed by atoms with Crippen LogP contribution in [-0.4, -0.2) is 46.4 Å². The Morgan fingerprint density at radius 1 is 1.19 bits per heavy atom. The molecule has 0 bridgehead atoms. The summed E-state index contributed by atoms with van der Waals surface area (Å²) in [6.45, 7) is 5.68. The van der Waals surface area contributed by atoms with Crippen LogP contribution in [0, 0.1) is 0 Å². The normalized spacial score (nSPS) is 13.5. The minimum absolute atomic E-state index is 0.127. The van der Waals surface area contributed by atoms with Crippen molar-refractivity contribution in [2.24, 2.45) is 0 Å². The minimum atomic E-state index is -0.743. The monoisotopic (exact) mass is 460 g/mol. The van der Waals surface area contributed by atoms with Gasteiger partial charge in [-0.15, -0.1) is 0 Å². The van der Waals surface area contributed by atoms with E-state index >= 15 is 0 Å². The third kappa shape index (κ3) is 7.37. The Morgan fingerprint density at radius 2 is 1.91 bits per heavy atom. The van der Waals surface area contributed by atoms with Crippen molar-refractivity contribution in [3.8, 4) is 17.2 Å². The van der Waals surface area contributed by atoms with E-state index in [1.54, 1.807) is 6.92 Å². The lowest BCUT2D eigenvalue weighted by Crippen LogP contribution is -2.43. The summed E-state index contributed by atoms with van der Waals surface area (Å²) in [5.41, 5.74) is 0.138. The van der Waals surface area contributed by atoms with Gasteiger partial charge in [-0.25, -0.2) is 9.78 Å². The molecule has 0 amide bonds. The van der Waals surface area contributed by atoms with Crippen LogP contribution in [0.15, 0.2) is 42.6 Å². The molecule has 0 spiro atoms. The van der Waals surface area contributed by atoms with Crippen molar-refractivity contribution < 1.29 is 24.1 Å². The van der Waals surface area contributed by atoms with Crippen LogP contribution in [0.4, 0.5) is 0 Å². The number of rotatable bonds is 12. The first kappa shape index (κ1) is 25.4. The van der Waals surface area contributed by atoms with Gasteiger partial charge in [-0.2, -0.15) is 0 Å². The van der Waals surface area contributed by atoms with Gasteiger partial charge >= 0.3 is 5.97 Å². The van der Waals surface area contributed by atoms with Crippen LogP contribution < -0.4 is 14.8 Å². The Hall–Kier alpha value is -2.87. The average Bonchev–Trinajstić information content (AvgIpc) is 2.79. The molecule has 1 heterocycles. The van der Waals surface area contributed by atoms with E-state index in [1.165, 1.54) is 19.4 Å². The van der Waals surface area contributed by atoms with Crippen LogP contribution >= 0.6 is 12.2 Å². The van der Waals surface area contributed by atoms with Crippen LogP contribution in [0.1, 0.15) is 52.1 Å². The highest BCUT2D eigenvalue weighted by Crippen LogP contribution is 2.27. The fourth-order valence-electron chi connectivity index (χ4n) is 3.12. The van der Waals surface area contributed by atoms with E-state index in [4.69, 9.17) is 26.4 Å². The molecule has 3 atom stereocenters. The number of methoxy groups -OCH3 is 1. The molecule has 0 aliphatic heterocycles. The molecule has 2 rings (SSSR count). The third-order valence-electron chi connectivity index (χ3n) is 4.97. The molecule has 174 valence electrons. The first-order chi connectivity index (χ1) is 15.4. The Balaban J connectivity index is 2.02. The van der Waals surface area contributed by atoms with Crippen molar-refractivity contribution in [2.75, 3.05) is 7.11 Å². The fraction of sp³-hybridized carbons (Fsp3) is 0.458. The van der Waals surface area contributed by atoms with Gasteiger partial charge in [0.15, 0.2) is 11.5 Å². The van der Waals surface area contributed by atoms with Crippen molar-refractivity contribution in [1.29, 1.82) is 0 Å². The van der Waals surface area contributed by atoms with Crippen LogP contribution in [0.3, 0.4) is 0 Å². The molecule has 0 fully saturated rings. The molecule has 2 N–H and O–H groups in total. The maximum atomic E-state index is 12.8. The molecular weight excluding hydrogens is 428 g/mol. The van der Waals surface area contributed by atoms with Gasteiger partial charge in [0.05, 0.1) is 7.11 Å². The van der Waals surface area contributed by atoms with E-state index in [9.17, 15) is 9.90 Å². The Morgan fingerprint density at radius 3 is 2.56 bits per heavy atom. The Kier molecular flexibility index (Phi) is 10.2. The highest BCUT2D eigenvalue weighted by atomic mass is 32.1. The molecular formula is C24H32N2O5S. The lowest BCUT2D eigenvalue weighted by molar-refractivity contribution is -0.155. The summed E-state index contributed by atoms with van der Waals surface area (Å²) in [5, 5.41) is 13.1. The van der Waals surface area contributed by atoms with E-state index in [0.29, 0.717) is 6.42 Å².